The van der Waals surface area contributed by atoms with E-state index in [-0.39, 0.29) is 24.0 Å². The highest BCUT2D eigenvalue weighted by molar-refractivity contribution is 5.96. The molecular weight excluding hydrogens is 510 g/mol. The first-order valence-corrected chi connectivity index (χ1v) is 13.0. The number of carbonyl (C=O) groups is 1. The van der Waals surface area contributed by atoms with Crippen molar-refractivity contribution >= 4 is 34.5 Å². The molecule has 0 aliphatic heterocycles. The van der Waals surface area contributed by atoms with Crippen LogP contribution in [0.15, 0.2) is 59.1 Å². The second-order valence-electron chi connectivity index (χ2n) is 9.33. The smallest absolute Gasteiger partial charge is 0.343 e. The molecule has 0 fully saturated rings. The lowest BCUT2D eigenvalue weighted by Crippen LogP contribution is -2.25. The molecule has 0 aliphatic carbocycles. The molecule has 2 aromatic carbocycles. The molecule has 3 aromatic heterocycles. The SMILES string of the molecule is CCOC(=O)c1cnc(NC(C)Cn2nc(C)cc2C)nc1Nc1cccc(-c2nc3ccccc3o2)c1OC. The number of ether oxygens (including phenoxy) is 2. The number of benzene rings is 2. The summed E-state index contributed by atoms with van der Waals surface area (Å²) in [5, 5.41) is 11.1. The molecule has 0 bridgehead atoms. The number of hydrogen-bond donors (Lipinski definition) is 2. The van der Waals surface area contributed by atoms with Gasteiger partial charge < -0.3 is 24.5 Å². The fourth-order valence-corrected chi connectivity index (χ4v) is 4.43. The zero-order valence-corrected chi connectivity index (χ0v) is 23.1. The van der Waals surface area contributed by atoms with Crippen molar-refractivity contribution in [3.63, 3.8) is 0 Å². The Kier molecular flexibility index (Phi) is 7.63. The molecule has 11 heteroatoms. The van der Waals surface area contributed by atoms with E-state index < -0.39 is 5.97 Å². The van der Waals surface area contributed by atoms with Gasteiger partial charge in [0.25, 0.3) is 0 Å². The summed E-state index contributed by atoms with van der Waals surface area (Å²) in [6.07, 6.45) is 1.45. The number of hydrogen-bond acceptors (Lipinski definition) is 10. The largest absolute Gasteiger partial charge is 0.494 e. The van der Waals surface area contributed by atoms with Crippen LogP contribution in [0.4, 0.5) is 17.5 Å². The number of fused-ring (bicyclic) bond motifs is 1. The highest BCUT2D eigenvalue weighted by Gasteiger charge is 2.21. The van der Waals surface area contributed by atoms with E-state index in [0.717, 1.165) is 16.9 Å². The summed E-state index contributed by atoms with van der Waals surface area (Å²) in [7, 11) is 1.56. The van der Waals surface area contributed by atoms with Gasteiger partial charge in [-0.15, -0.1) is 0 Å². The summed E-state index contributed by atoms with van der Waals surface area (Å²) in [6, 6.07) is 15.0. The number of anilines is 3. The average molecular weight is 542 g/mol. The third kappa shape index (κ3) is 5.58. The Morgan fingerprint density at radius 3 is 2.67 bits per heavy atom. The van der Waals surface area contributed by atoms with Crippen LogP contribution in [0.1, 0.15) is 35.6 Å². The molecule has 0 saturated carbocycles. The number of nitrogens with zero attached hydrogens (tertiary/aromatic N) is 5. The fourth-order valence-electron chi connectivity index (χ4n) is 4.43. The highest BCUT2D eigenvalue weighted by atomic mass is 16.5. The lowest BCUT2D eigenvalue weighted by molar-refractivity contribution is 0.0526. The van der Waals surface area contributed by atoms with Gasteiger partial charge in [-0.25, -0.2) is 14.8 Å². The van der Waals surface area contributed by atoms with Crippen LogP contribution < -0.4 is 15.4 Å². The van der Waals surface area contributed by atoms with Gasteiger partial charge in [-0.3, -0.25) is 4.68 Å². The van der Waals surface area contributed by atoms with Gasteiger partial charge in [0.15, 0.2) is 17.2 Å². The Morgan fingerprint density at radius 2 is 1.95 bits per heavy atom. The Labute approximate surface area is 231 Å². The Hall–Kier alpha value is -4.93. The molecule has 206 valence electrons. The van der Waals surface area contributed by atoms with Crippen molar-refractivity contribution < 1.29 is 18.7 Å². The number of nitrogens with one attached hydrogen (secondary N) is 2. The molecule has 0 aliphatic rings. The van der Waals surface area contributed by atoms with Crippen molar-refractivity contribution in [1.82, 2.24) is 24.7 Å². The van der Waals surface area contributed by atoms with Crippen LogP contribution in [-0.4, -0.2) is 50.5 Å². The summed E-state index contributed by atoms with van der Waals surface area (Å²) in [5.41, 5.74) is 4.83. The van der Waals surface area contributed by atoms with Gasteiger partial charge >= 0.3 is 5.97 Å². The van der Waals surface area contributed by atoms with Crippen molar-refractivity contribution in [2.24, 2.45) is 0 Å². The van der Waals surface area contributed by atoms with Gasteiger partial charge in [0.2, 0.25) is 11.8 Å². The Balaban J connectivity index is 1.47. The number of aryl methyl sites for hydroxylation is 2. The first kappa shape index (κ1) is 26.7. The number of para-hydroxylation sites is 3. The van der Waals surface area contributed by atoms with Crippen molar-refractivity contribution in [3.05, 3.63) is 71.7 Å². The quantitative estimate of drug-likeness (QED) is 0.218. The van der Waals surface area contributed by atoms with Crippen molar-refractivity contribution in [2.45, 2.75) is 40.3 Å². The lowest BCUT2D eigenvalue weighted by Gasteiger charge is -2.18. The minimum Gasteiger partial charge on any atom is -0.494 e. The number of methoxy groups -OCH3 is 1. The third-order valence-corrected chi connectivity index (χ3v) is 6.21. The summed E-state index contributed by atoms with van der Waals surface area (Å²) in [6.45, 7) is 8.57. The number of rotatable bonds is 10. The van der Waals surface area contributed by atoms with Crippen molar-refractivity contribution in [2.75, 3.05) is 24.4 Å². The number of esters is 1. The van der Waals surface area contributed by atoms with E-state index in [1.54, 1.807) is 14.0 Å². The molecule has 0 radical (unpaired) electrons. The molecule has 5 rings (SSSR count). The van der Waals surface area contributed by atoms with Crippen LogP contribution in [0.2, 0.25) is 0 Å². The van der Waals surface area contributed by atoms with Crippen molar-refractivity contribution in [1.29, 1.82) is 0 Å². The average Bonchev–Trinajstić information content (AvgIpc) is 3.50. The van der Waals surface area contributed by atoms with E-state index in [2.05, 4.69) is 30.7 Å². The Morgan fingerprint density at radius 1 is 1.12 bits per heavy atom. The van der Waals surface area contributed by atoms with Gasteiger partial charge in [0.05, 0.1) is 37.2 Å². The second kappa shape index (κ2) is 11.4. The van der Waals surface area contributed by atoms with Gasteiger partial charge in [-0.05, 0) is 58.0 Å². The predicted octanol–water partition coefficient (Wildman–Crippen LogP) is 5.53. The molecular formula is C29H31N7O4. The van der Waals surface area contributed by atoms with Gasteiger partial charge in [0.1, 0.15) is 11.1 Å². The zero-order chi connectivity index (χ0) is 28.2. The van der Waals surface area contributed by atoms with Crippen molar-refractivity contribution in [3.8, 4) is 17.2 Å². The van der Waals surface area contributed by atoms with Crippen LogP contribution in [0.3, 0.4) is 0 Å². The molecule has 2 N–H and O–H groups in total. The molecule has 11 nitrogen and oxygen atoms in total. The number of oxazole rings is 1. The topological polar surface area (TPSA) is 129 Å². The predicted molar refractivity (Wildman–Crippen MR) is 152 cm³/mol. The third-order valence-electron chi connectivity index (χ3n) is 6.21. The summed E-state index contributed by atoms with van der Waals surface area (Å²) < 4.78 is 18.9. The first-order chi connectivity index (χ1) is 19.4. The van der Waals surface area contributed by atoms with Gasteiger partial charge in [-0.2, -0.15) is 10.1 Å². The lowest BCUT2D eigenvalue weighted by atomic mass is 10.1. The van der Waals surface area contributed by atoms with E-state index in [9.17, 15) is 4.79 Å². The zero-order valence-electron chi connectivity index (χ0n) is 23.1. The number of carbonyl (C=O) groups excluding carboxylic acids is 1. The van der Waals surface area contributed by atoms with Gasteiger partial charge in [-0.1, -0.05) is 18.2 Å². The van der Waals surface area contributed by atoms with Crippen LogP contribution in [0.5, 0.6) is 5.75 Å². The van der Waals surface area contributed by atoms with Crippen LogP contribution in [0.25, 0.3) is 22.6 Å². The van der Waals surface area contributed by atoms with E-state index in [1.807, 2.05) is 74.0 Å². The Bertz CT molecular complexity index is 1630. The molecule has 40 heavy (non-hydrogen) atoms. The maximum atomic E-state index is 12.8. The minimum absolute atomic E-state index is 0.0451. The maximum absolute atomic E-state index is 12.8. The normalized spacial score (nSPS) is 11.8. The first-order valence-electron chi connectivity index (χ1n) is 13.0. The minimum atomic E-state index is -0.540. The van der Waals surface area contributed by atoms with E-state index in [4.69, 9.17) is 13.9 Å². The van der Waals surface area contributed by atoms with E-state index in [0.29, 0.717) is 41.0 Å². The molecule has 1 unspecified atom stereocenters. The molecule has 0 saturated heterocycles. The molecule has 5 aromatic rings. The molecule has 0 spiro atoms. The van der Waals surface area contributed by atoms with Crippen LogP contribution in [0, 0.1) is 13.8 Å². The summed E-state index contributed by atoms with van der Waals surface area (Å²) in [4.78, 5) is 26.4. The summed E-state index contributed by atoms with van der Waals surface area (Å²) in [5.74, 6) is 0.965. The molecule has 1 atom stereocenters. The standard InChI is InChI=1S/C29H31N7O4/c1-6-39-28(37)21-15-30-29(31-18(3)16-36-19(4)14-17(2)35-36)34-26(21)32-23-12-9-10-20(25(23)38-5)27-33-22-11-7-8-13-24(22)40-27/h7-15,18H,6,16H2,1-5H3,(H2,30,31,32,34). The fraction of sp³-hybridized carbons (Fsp3) is 0.276. The number of aromatic nitrogens is 5. The van der Waals surface area contributed by atoms with E-state index in [1.165, 1.54) is 6.20 Å². The molecule has 0 amide bonds. The molecule has 3 heterocycles. The monoisotopic (exact) mass is 541 g/mol. The highest BCUT2D eigenvalue weighted by Crippen LogP contribution is 2.38. The summed E-state index contributed by atoms with van der Waals surface area (Å²) >= 11 is 0. The second-order valence-corrected chi connectivity index (χ2v) is 9.33. The van der Waals surface area contributed by atoms with Crippen LogP contribution in [-0.2, 0) is 11.3 Å². The van der Waals surface area contributed by atoms with Crippen LogP contribution >= 0.6 is 0 Å². The van der Waals surface area contributed by atoms with E-state index >= 15 is 0 Å². The van der Waals surface area contributed by atoms with Gasteiger partial charge in [0, 0.05) is 17.9 Å². The maximum Gasteiger partial charge on any atom is 0.343 e.